The van der Waals surface area contributed by atoms with Crippen molar-refractivity contribution >= 4 is 28.1 Å². The maximum atomic E-state index is 12.3. The first-order chi connectivity index (χ1) is 13.5. The minimum atomic E-state index is -2.86. The second-order valence-corrected chi connectivity index (χ2v) is 6.46. The summed E-state index contributed by atoms with van der Waals surface area (Å²) < 4.78 is 33.8. The van der Waals surface area contributed by atoms with Crippen LogP contribution in [0.1, 0.15) is 16.1 Å². The minimum absolute atomic E-state index is 0.0669. The molecular weight excluding hydrogens is 388 g/mol. The van der Waals surface area contributed by atoms with E-state index in [0.29, 0.717) is 17.4 Å². The van der Waals surface area contributed by atoms with Gasteiger partial charge < -0.3 is 20.1 Å². The molecule has 1 heterocycles. The molecule has 0 saturated heterocycles. The second kappa shape index (κ2) is 9.14. The number of nitrogens with one attached hydrogen (secondary N) is 2. The van der Waals surface area contributed by atoms with Crippen LogP contribution in [0.3, 0.4) is 0 Å². The lowest BCUT2D eigenvalue weighted by atomic mass is 10.2. The van der Waals surface area contributed by atoms with Gasteiger partial charge in [-0.2, -0.15) is 8.78 Å². The summed E-state index contributed by atoms with van der Waals surface area (Å²) >= 11 is 1.26. The predicted molar refractivity (Wildman–Crippen MR) is 103 cm³/mol. The molecule has 0 radical (unpaired) electrons. The fraction of sp³-hybridized carbons (Fsp3) is 0.158. The van der Waals surface area contributed by atoms with Crippen molar-refractivity contribution in [1.29, 1.82) is 0 Å². The highest BCUT2D eigenvalue weighted by Crippen LogP contribution is 2.23. The maximum Gasteiger partial charge on any atom is 0.387 e. The van der Waals surface area contributed by atoms with Gasteiger partial charge in [-0.25, -0.2) is 4.98 Å². The third kappa shape index (κ3) is 5.40. The van der Waals surface area contributed by atoms with Gasteiger partial charge in [-0.1, -0.05) is 12.1 Å². The molecule has 0 aliphatic rings. The van der Waals surface area contributed by atoms with E-state index in [9.17, 15) is 13.6 Å². The summed E-state index contributed by atoms with van der Waals surface area (Å²) in [6, 6.07) is 13.4. The monoisotopic (exact) mass is 405 g/mol. The molecular formula is C19H17F2N3O3S. The Morgan fingerprint density at radius 1 is 1.18 bits per heavy atom. The molecule has 28 heavy (non-hydrogen) atoms. The van der Waals surface area contributed by atoms with Crippen LogP contribution in [-0.2, 0) is 6.54 Å². The highest BCUT2D eigenvalue weighted by Gasteiger charge is 2.11. The van der Waals surface area contributed by atoms with E-state index in [1.54, 1.807) is 24.6 Å². The first-order valence-corrected chi connectivity index (χ1v) is 9.10. The smallest absolute Gasteiger partial charge is 0.387 e. The minimum Gasteiger partial charge on any atom is -0.497 e. The van der Waals surface area contributed by atoms with Gasteiger partial charge in [-0.3, -0.25) is 4.79 Å². The number of anilines is 2. The number of carbonyl (C=O) groups excluding carboxylic acids is 1. The first-order valence-electron chi connectivity index (χ1n) is 8.22. The van der Waals surface area contributed by atoms with Crippen LogP contribution in [-0.4, -0.2) is 24.6 Å². The van der Waals surface area contributed by atoms with Crippen molar-refractivity contribution in [2.24, 2.45) is 0 Å². The number of carbonyl (C=O) groups is 1. The van der Waals surface area contributed by atoms with E-state index in [2.05, 4.69) is 20.4 Å². The highest BCUT2D eigenvalue weighted by molar-refractivity contribution is 7.14. The summed E-state index contributed by atoms with van der Waals surface area (Å²) in [5, 5.41) is 7.96. The average Bonchev–Trinajstić information content (AvgIpc) is 3.16. The van der Waals surface area contributed by atoms with Crippen LogP contribution in [0.4, 0.5) is 19.6 Å². The molecule has 146 valence electrons. The molecule has 1 aromatic heterocycles. The van der Waals surface area contributed by atoms with E-state index in [1.807, 2.05) is 24.3 Å². The zero-order valence-corrected chi connectivity index (χ0v) is 15.6. The van der Waals surface area contributed by atoms with E-state index >= 15 is 0 Å². The van der Waals surface area contributed by atoms with E-state index in [1.165, 1.54) is 23.5 Å². The van der Waals surface area contributed by atoms with Gasteiger partial charge in [0.1, 0.15) is 17.2 Å². The van der Waals surface area contributed by atoms with E-state index < -0.39 is 6.61 Å². The number of halogens is 2. The van der Waals surface area contributed by atoms with Crippen molar-refractivity contribution in [3.05, 3.63) is 65.2 Å². The average molecular weight is 405 g/mol. The van der Waals surface area contributed by atoms with Crippen molar-refractivity contribution in [3.8, 4) is 11.5 Å². The van der Waals surface area contributed by atoms with Crippen LogP contribution in [0, 0.1) is 0 Å². The van der Waals surface area contributed by atoms with Crippen LogP contribution in [0.15, 0.2) is 53.9 Å². The fourth-order valence-electron chi connectivity index (χ4n) is 2.33. The molecule has 0 atom stereocenters. The second-order valence-electron chi connectivity index (χ2n) is 5.60. The molecule has 0 saturated carbocycles. The van der Waals surface area contributed by atoms with Gasteiger partial charge >= 0.3 is 6.61 Å². The third-order valence-corrected chi connectivity index (χ3v) is 4.41. The number of rotatable bonds is 8. The van der Waals surface area contributed by atoms with Gasteiger partial charge in [0.2, 0.25) is 0 Å². The Balaban J connectivity index is 1.56. The molecule has 3 aromatic rings. The van der Waals surface area contributed by atoms with Crippen LogP contribution >= 0.6 is 11.3 Å². The van der Waals surface area contributed by atoms with Gasteiger partial charge in [0, 0.05) is 17.6 Å². The number of alkyl halides is 2. The lowest BCUT2D eigenvalue weighted by molar-refractivity contribution is -0.0498. The lowest BCUT2D eigenvalue weighted by Gasteiger charge is -2.06. The zero-order chi connectivity index (χ0) is 19.9. The van der Waals surface area contributed by atoms with E-state index in [4.69, 9.17) is 4.74 Å². The molecule has 2 N–H and O–H groups in total. The molecule has 3 rings (SSSR count). The van der Waals surface area contributed by atoms with Crippen LogP contribution < -0.4 is 20.1 Å². The van der Waals surface area contributed by atoms with Gasteiger partial charge in [0.05, 0.1) is 7.11 Å². The molecule has 0 bridgehead atoms. The topological polar surface area (TPSA) is 72.5 Å². The number of hydrogen-bond acceptors (Lipinski definition) is 6. The largest absolute Gasteiger partial charge is 0.497 e. The number of amides is 1. The van der Waals surface area contributed by atoms with E-state index in [0.717, 1.165) is 11.3 Å². The van der Waals surface area contributed by atoms with Crippen LogP contribution in [0.5, 0.6) is 11.5 Å². The third-order valence-electron chi connectivity index (χ3n) is 3.65. The Kier molecular flexibility index (Phi) is 6.38. The van der Waals surface area contributed by atoms with Crippen molar-refractivity contribution in [1.82, 2.24) is 10.3 Å². The molecule has 0 spiro atoms. The van der Waals surface area contributed by atoms with Crippen molar-refractivity contribution in [3.63, 3.8) is 0 Å². The molecule has 2 aromatic carbocycles. The summed E-state index contributed by atoms with van der Waals surface area (Å²) in [5.74, 6) is 0.488. The van der Waals surface area contributed by atoms with Crippen molar-refractivity contribution in [2.45, 2.75) is 13.2 Å². The first kappa shape index (κ1) is 19.6. The van der Waals surface area contributed by atoms with Gasteiger partial charge in [0.25, 0.3) is 5.91 Å². The molecule has 6 nitrogen and oxygen atoms in total. The molecule has 0 fully saturated rings. The molecule has 9 heteroatoms. The zero-order valence-electron chi connectivity index (χ0n) is 14.8. The Labute approximate surface area is 164 Å². The number of benzene rings is 2. The normalized spacial score (nSPS) is 10.6. The Morgan fingerprint density at radius 3 is 2.68 bits per heavy atom. The number of aromatic nitrogens is 1. The van der Waals surface area contributed by atoms with Crippen LogP contribution in [0.2, 0.25) is 0 Å². The Bertz CT molecular complexity index is 932. The quantitative estimate of drug-likeness (QED) is 0.580. The number of nitrogens with zero attached hydrogens (tertiary/aromatic N) is 1. The summed E-state index contributed by atoms with van der Waals surface area (Å²) in [5.41, 5.74) is 1.83. The van der Waals surface area contributed by atoms with E-state index in [-0.39, 0.29) is 17.4 Å². The van der Waals surface area contributed by atoms with Gasteiger partial charge in [0.15, 0.2) is 5.13 Å². The van der Waals surface area contributed by atoms with Gasteiger partial charge in [-0.05, 0) is 42.0 Å². The number of hydrogen-bond donors (Lipinski definition) is 2. The molecule has 0 aliphatic carbocycles. The lowest BCUT2D eigenvalue weighted by Crippen LogP contribution is -2.23. The van der Waals surface area contributed by atoms with Gasteiger partial charge in [-0.15, -0.1) is 11.3 Å². The highest BCUT2D eigenvalue weighted by atomic mass is 32.1. The number of ether oxygens (including phenoxy) is 2. The molecule has 1 amide bonds. The summed E-state index contributed by atoms with van der Waals surface area (Å²) in [6.45, 7) is -2.52. The maximum absolute atomic E-state index is 12.3. The summed E-state index contributed by atoms with van der Waals surface area (Å²) in [4.78, 5) is 16.5. The van der Waals surface area contributed by atoms with Crippen molar-refractivity contribution < 1.29 is 23.0 Å². The number of thiazole rings is 1. The Hall–Kier alpha value is -3.20. The standard InChI is InChI=1S/C19H17F2N3O3S/c1-26-15-4-2-3-12(9-15)10-22-17(25)16-11-28-19(24-16)23-13-5-7-14(8-6-13)27-18(20)21/h2-9,11,18H,10H2,1H3,(H,22,25)(H,23,24). The number of methoxy groups -OCH3 is 1. The predicted octanol–water partition coefficient (Wildman–Crippen LogP) is 4.43. The molecule has 0 aliphatic heterocycles. The van der Waals surface area contributed by atoms with Crippen molar-refractivity contribution in [2.75, 3.05) is 12.4 Å². The Morgan fingerprint density at radius 2 is 1.96 bits per heavy atom. The molecule has 0 unspecified atom stereocenters. The van der Waals surface area contributed by atoms with Crippen LogP contribution in [0.25, 0.3) is 0 Å². The summed E-state index contributed by atoms with van der Waals surface area (Å²) in [7, 11) is 1.58. The fourth-order valence-corrected chi connectivity index (χ4v) is 3.04. The summed E-state index contributed by atoms with van der Waals surface area (Å²) in [6.07, 6.45) is 0. The SMILES string of the molecule is COc1cccc(CNC(=O)c2csc(Nc3ccc(OC(F)F)cc3)n2)c1.